The third-order valence-corrected chi connectivity index (χ3v) is 2.95. The number of aliphatic carboxylic acids is 1. The van der Waals surface area contributed by atoms with Crippen LogP contribution in [0.5, 0.6) is 0 Å². The molecule has 2 atom stereocenters. The van der Waals surface area contributed by atoms with Crippen molar-refractivity contribution in [2.45, 2.75) is 58.4 Å². The average molecular weight is 240 g/mol. The van der Waals surface area contributed by atoms with Gasteiger partial charge in [0.2, 0.25) is 0 Å². The minimum Gasteiger partial charge on any atom is -0.481 e. The Bertz CT molecular complexity index is 364. The third kappa shape index (κ3) is 3.51. The van der Waals surface area contributed by atoms with Crippen molar-refractivity contribution in [1.82, 2.24) is 20.2 Å². The van der Waals surface area contributed by atoms with E-state index in [-0.39, 0.29) is 18.4 Å². The molecule has 96 valence electrons. The summed E-state index contributed by atoms with van der Waals surface area (Å²) in [5, 5.41) is 20.5. The molecule has 1 N–H and O–H groups in total. The lowest BCUT2D eigenvalue weighted by molar-refractivity contribution is -0.138. The molecular weight excluding hydrogens is 220 g/mol. The highest BCUT2D eigenvalue weighted by Crippen LogP contribution is 2.23. The van der Waals surface area contributed by atoms with E-state index in [1.807, 2.05) is 13.8 Å². The largest absolute Gasteiger partial charge is 0.481 e. The number of nitrogens with zero attached hydrogens (tertiary/aromatic N) is 4. The first-order chi connectivity index (χ1) is 8.10. The van der Waals surface area contributed by atoms with Crippen molar-refractivity contribution in [1.29, 1.82) is 0 Å². The molecule has 1 aromatic heterocycles. The smallest absolute Gasteiger partial charge is 0.305 e. The van der Waals surface area contributed by atoms with Crippen molar-refractivity contribution in [2.75, 3.05) is 0 Å². The van der Waals surface area contributed by atoms with Gasteiger partial charge in [0.25, 0.3) is 0 Å². The van der Waals surface area contributed by atoms with Crippen LogP contribution in [0, 0.1) is 0 Å². The van der Waals surface area contributed by atoms with Crippen molar-refractivity contribution < 1.29 is 9.90 Å². The predicted molar refractivity (Wildman–Crippen MR) is 62.7 cm³/mol. The van der Waals surface area contributed by atoms with Gasteiger partial charge in [-0.1, -0.05) is 27.2 Å². The summed E-state index contributed by atoms with van der Waals surface area (Å²) in [6.45, 7) is 6.14. The van der Waals surface area contributed by atoms with Crippen molar-refractivity contribution >= 4 is 5.97 Å². The Morgan fingerprint density at radius 2 is 2.18 bits per heavy atom. The fourth-order valence-electron chi connectivity index (χ4n) is 1.81. The predicted octanol–water partition coefficient (Wildman–Crippen LogP) is 2.00. The van der Waals surface area contributed by atoms with Crippen molar-refractivity contribution in [3.05, 3.63) is 5.82 Å². The zero-order valence-corrected chi connectivity index (χ0v) is 10.6. The van der Waals surface area contributed by atoms with Gasteiger partial charge in [0.15, 0.2) is 5.82 Å². The standard InChI is InChI=1S/C11H20N4O2/c1-4-6-9(7-10(16)17)15-11(8(3)5-2)12-13-14-15/h8-9H,4-7H2,1-3H3,(H,16,17). The van der Waals surface area contributed by atoms with Crippen LogP contribution in [0.2, 0.25) is 0 Å². The number of hydrogen-bond acceptors (Lipinski definition) is 4. The van der Waals surface area contributed by atoms with Crippen LogP contribution in [0.25, 0.3) is 0 Å². The third-order valence-electron chi connectivity index (χ3n) is 2.95. The number of hydrogen-bond donors (Lipinski definition) is 1. The summed E-state index contributed by atoms with van der Waals surface area (Å²) in [5.41, 5.74) is 0. The van der Waals surface area contributed by atoms with Crippen LogP contribution < -0.4 is 0 Å². The van der Waals surface area contributed by atoms with Gasteiger partial charge in [0.05, 0.1) is 12.5 Å². The summed E-state index contributed by atoms with van der Waals surface area (Å²) in [6.07, 6.45) is 2.70. The SMILES string of the molecule is CCCC(CC(=O)O)n1nnnc1C(C)CC. The van der Waals surface area contributed by atoms with Crippen LogP contribution in [0.4, 0.5) is 0 Å². The van der Waals surface area contributed by atoms with E-state index in [1.54, 1.807) is 4.68 Å². The number of carboxylic acid groups (broad SMARTS) is 1. The quantitative estimate of drug-likeness (QED) is 0.788. The van der Waals surface area contributed by atoms with Gasteiger partial charge in [-0.05, 0) is 23.3 Å². The van der Waals surface area contributed by atoms with E-state index in [0.29, 0.717) is 0 Å². The van der Waals surface area contributed by atoms with Crippen LogP contribution >= 0.6 is 0 Å². The highest BCUT2D eigenvalue weighted by atomic mass is 16.4. The molecule has 1 aromatic rings. The molecular formula is C11H20N4O2. The molecule has 0 fully saturated rings. The van der Waals surface area contributed by atoms with Crippen LogP contribution in [0.3, 0.4) is 0 Å². The van der Waals surface area contributed by atoms with Crippen LogP contribution in [-0.2, 0) is 4.79 Å². The van der Waals surface area contributed by atoms with Crippen LogP contribution in [-0.4, -0.2) is 31.3 Å². The molecule has 6 heteroatoms. The Labute approximate surface area is 101 Å². The van der Waals surface area contributed by atoms with Gasteiger partial charge in [-0.2, -0.15) is 0 Å². The first-order valence-electron chi connectivity index (χ1n) is 6.09. The normalized spacial score (nSPS) is 14.5. The summed E-state index contributed by atoms with van der Waals surface area (Å²) in [5.74, 6) is 0.222. The first kappa shape index (κ1) is 13.6. The van der Waals surface area contributed by atoms with E-state index < -0.39 is 5.97 Å². The van der Waals surface area contributed by atoms with Gasteiger partial charge in [0, 0.05) is 5.92 Å². The van der Waals surface area contributed by atoms with Gasteiger partial charge >= 0.3 is 5.97 Å². The molecule has 0 radical (unpaired) electrons. The monoisotopic (exact) mass is 240 g/mol. The van der Waals surface area contributed by atoms with E-state index in [4.69, 9.17) is 5.11 Å². The fraction of sp³-hybridized carbons (Fsp3) is 0.818. The van der Waals surface area contributed by atoms with E-state index in [2.05, 4.69) is 22.4 Å². The van der Waals surface area contributed by atoms with Gasteiger partial charge in [-0.3, -0.25) is 4.79 Å². The Hall–Kier alpha value is -1.46. The molecule has 6 nitrogen and oxygen atoms in total. The molecule has 0 saturated heterocycles. The van der Waals surface area contributed by atoms with E-state index in [0.717, 1.165) is 25.1 Å². The topological polar surface area (TPSA) is 80.9 Å². The molecule has 0 saturated carbocycles. The van der Waals surface area contributed by atoms with Gasteiger partial charge in [-0.15, -0.1) is 5.10 Å². The highest BCUT2D eigenvalue weighted by Gasteiger charge is 2.21. The number of carboxylic acids is 1. The van der Waals surface area contributed by atoms with Gasteiger partial charge in [-0.25, -0.2) is 4.68 Å². The second kappa shape index (κ2) is 6.32. The van der Waals surface area contributed by atoms with E-state index in [1.165, 1.54) is 0 Å². The maximum atomic E-state index is 10.8. The summed E-state index contributed by atoms with van der Waals surface area (Å²) < 4.78 is 1.69. The fourth-order valence-corrected chi connectivity index (χ4v) is 1.81. The minimum atomic E-state index is -0.811. The number of carbonyl (C=O) groups is 1. The Balaban J connectivity index is 2.93. The second-order valence-electron chi connectivity index (χ2n) is 4.33. The first-order valence-corrected chi connectivity index (χ1v) is 6.09. The summed E-state index contributed by atoms with van der Waals surface area (Å²) in [7, 11) is 0. The van der Waals surface area contributed by atoms with E-state index in [9.17, 15) is 4.79 Å². The zero-order valence-electron chi connectivity index (χ0n) is 10.6. The lowest BCUT2D eigenvalue weighted by atomic mass is 10.1. The number of tetrazole rings is 1. The molecule has 1 heterocycles. The molecule has 2 unspecified atom stereocenters. The number of aromatic nitrogens is 4. The van der Waals surface area contributed by atoms with Crippen LogP contribution in [0.15, 0.2) is 0 Å². The maximum absolute atomic E-state index is 10.8. The summed E-state index contributed by atoms with van der Waals surface area (Å²) in [4.78, 5) is 10.8. The summed E-state index contributed by atoms with van der Waals surface area (Å²) >= 11 is 0. The molecule has 0 bridgehead atoms. The molecule has 0 amide bonds. The molecule has 17 heavy (non-hydrogen) atoms. The van der Waals surface area contributed by atoms with Crippen molar-refractivity contribution in [2.24, 2.45) is 0 Å². The zero-order chi connectivity index (χ0) is 12.8. The number of rotatable bonds is 7. The van der Waals surface area contributed by atoms with Gasteiger partial charge in [0.1, 0.15) is 0 Å². The maximum Gasteiger partial charge on any atom is 0.305 e. The molecule has 0 aliphatic heterocycles. The molecule has 0 aliphatic rings. The van der Waals surface area contributed by atoms with Gasteiger partial charge < -0.3 is 5.11 Å². The van der Waals surface area contributed by atoms with Crippen LogP contribution in [0.1, 0.15) is 64.2 Å². The molecule has 0 spiro atoms. The second-order valence-corrected chi connectivity index (χ2v) is 4.33. The van der Waals surface area contributed by atoms with Crippen molar-refractivity contribution in [3.63, 3.8) is 0 Å². The molecule has 1 rings (SSSR count). The highest BCUT2D eigenvalue weighted by molar-refractivity contribution is 5.67. The lowest BCUT2D eigenvalue weighted by Crippen LogP contribution is -2.18. The van der Waals surface area contributed by atoms with Crippen molar-refractivity contribution in [3.8, 4) is 0 Å². The Morgan fingerprint density at radius 3 is 2.71 bits per heavy atom. The average Bonchev–Trinajstić information content (AvgIpc) is 2.75. The summed E-state index contributed by atoms with van der Waals surface area (Å²) in [6, 6.07) is -0.142. The molecule has 0 aliphatic carbocycles. The minimum absolute atomic E-state index is 0.0717. The molecule has 0 aromatic carbocycles. The van der Waals surface area contributed by atoms with E-state index >= 15 is 0 Å². The Morgan fingerprint density at radius 1 is 1.47 bits per heavy atom. The lowest BCUT2D eigenvalue weighted by Gasteiger charge is -2.17. The Kier molecular flexibility index (Phi) is 5.06.